The molecule has 194 valence electrons. The Morgan fingerprint density at radius 3 is 2.54 bits per heavy atom. The van der Waals surface area contributed by atoms with Crippen LogP contribution in [0.4, 0.5) is 5.69 Å². The number of aromatic nitrogens is 4. The molecule has 9 heteroatoms. The highest BCUT2D eigenvalue weighted by atomic mass is 28.4. The lowest BCUT2D eigenvalue weighted by Crippen LogP contribution is -2.27. The van der Waals surface area contributed by atoms with Crippen LogP contribution < -0.4 is 10.9 Å². The second-order valence-corrected chi connectivity index (χ2v) is 14.6. The van der Waals surface area contributed by atoms with Crippen LogP contribution in [0.25, 0.3) is 16.7 Å². The second kappa shape index (κ2) is 10.4. The predicted molar refractivity (Wildman–Crippen MR) is 151 cm³/mol. The van der Waals surface area contributed by atoms with Gasteiger partial charge in [-0.1, -0.05) is 30.3 Å². The molecule has 0 saturated carbocycles. The minimum Gasteiger partial charge on any atom is -0.432 e. The molecule has 0 spiro atoms. The Bertz CT molecular complexity index is 1460. The Morgan fingerprint density at radius 1 is 1.16 bits per heavy atom. The lowest BCUT2D eigenvalue weighted by molar-refractivity contribution is 0.0786. The first-order valence-electron chi connectivity index (χ1n) is 12.4. The van der Waals surface area contributed by atoms with Gasteiger partial charge in [-0.05, 0) is 68.4 Å². The van der Waals surface area contributed by atoms with E-state index in [9.17, 15) is 14.7 Å². The van der Waals surface area contributed by atoms with E-state index in [0.29, 0.717) is 29.8 Å². The summed E-state index contributed by atoms with van der Waals surface area (Å²) in [5.41, 5.74) is 2.80. The highest BCUT2D eigenvalue weighted by molar-refractivity contribution is 6.69. The van der Waals surface area contributed by atoms with E-state index < -0.39 is 13.9 Å². The van der Waals surface area contributed by atoms with Crippen LogP contribution in [0.5, 0.6) is 0 Å². The maximum Gasteiger partial charge on any atom is 0.278 e. The van der Waals surface area contributed by atoms with E-state index in [0.717, 1.165) is 35.1 Å². The third kappa shape index (κ3) is 6.25. The van der Waals surface area contributed by atoms with Gasteiger partial charge in [0.1, 0.15) is 11.2 Å². The van der Waals surface area contributed by atoms with Gasteiger partial charge in [0, 0.05) is 24.8 Å². The number of hydrogen-bond donors (Lipinski definition) is 3. The maximum atomic E-state index is 13.2. The number of anilines is 1. The van der Waals surface area contributed by atoms with Gasteiger partial charge in [0.15, 0.2) is 14.0 Å². The zero-order valence-electron chi connectivity index (χ0n) is 21.9. The Balaban J connectivity index is 1.67. The highest BCUT2D eigenvalue weighted by Crippen LogP contribution is 2.24. The number of fused-ring (bicyclic) bond motifs is 1. The van der Waals surface area contributed by atoms with Crippen molar-refractivity contribution < 1.29 is 9.90 Å². The summed E-state index contributed by atoms with van der Waals surface area (Å²) in [7, 11) is -2.07. The van der Waals surface area contributed by atoms with Crippen LogP contribution >= 0.6 is 0 Å². The summed E-state index contributed by atoms with van der Waals surface area (Å²) in [5, 5.41) is 14.3. The molecule has 4 rings (SSSR count). The van der Waals surface area contributed by atoms with Crippen LogP contribution in [0.1, 0.15) is 30.8 Å². The Morgan fingerprint density at radius 2 is 1.89 bits per heavy atom. The molecule has 0 bridgehead atoms. The molecule has 0 atom stereocenters. The van der Waals surface area contributed by atoms with Gasteiger partial charge in [-0.15, -0.1) is 6.58 Å². The van der Waals surface area contributed by atoms with E-state index in [-0.39, 0.29) is 5.56 Å². The normalized spacial score (nSPS) is 12.2. The molecule has 2 aromatic heterocycles. The van der Waals surface area contributed by atoms with Gasteiger partial charge in [-0.3, -0.25) is 4.79 Å². The minimum atomic E-state index is -2.07. The average molecular weight is 518 g/mol. The number of benzene rings is 2. The number of nitrogens with one attached hydrogen (secondary N) is 1. The average Bonchev–Trinajstić information content (AvgIpc) is 3.10. The molecule has 0 amide bonds. The molecule has 37 heavy (non-hydrogen) atoms. The van der Waals surface area contributed by atoms with E-state index in [4.69, 9.17) is 4.98 Å². The largest absolute Gasteiger partial charge is 0.432 e. The molecule has 0 fully saturated rings. The van der Waals surface area contributed by atoms with Crippen LogP contribution in [-0.2, 0) is 18.6 Å². The van der Waals surface area contributed by atoms with E-state index in [1.54, 1.807) is 35.5 Å². The molecule has 3 N–H and O–H groups in total. The van der Waals surface area contributed by atoms with E-state index in [1.807, 2.05) is 61.6 Å². The fourth-order valence-corrected chi connectivity index (χ4v) is 4.89. The quantitative estimate of drug-likeness (QED) is 0.215. The molecule has 4 aromatic rings. The van der Waals surface area contributed by atoms with Gasteiger partial charge in [-0.25, -0.2) is 19.3 Å². The summed E-state index contributed by atoms with van der Waals surface area (Å²) < 4.78 is 3.36. The topological polar surface area (TPSA) is 105 Å². The molecule has 0 saturated heterocycles. The van der Waals surface area contributed by atoms with Gasteiger partial charge in [0.05, 0.1) is 17.8 Å². The van der Waals surface area contributed by atoms with Crippen LogP contribution in [0.3, 0.4) is 0 Å². The second-order valence-electron chi connectivity index (χ2n) is 10.5. The van der Waals surface area contributed by atoms with Crippen LogP contribution in [0.15, 0.2) is 72.2 Å². The van der Waals surface area contributed by atoms with Crippen molar-refractivity contribution in [2.75, 3.05) is 11.9 Å². The lowest BCUT2D eigenvalue weighted by atomic mass is 9.98. The zero-order chi connectivity index (χ0) is 26.8. The maximum absolute atomic E-state index is 13.2. The Kier molecular flexibility index (Phi) is 7.49. The standard InChI is InChI=1S/C28H35N5O3Si/c1-6-15-32-27(34)24-19-30-25(17-20-10-12-22(13-11-20)29-14-16-37(4,5)36)31-26(24)33(32)23-9-7-8-21(18-23)28(2,3)35/h6-13,18-19,29,35-36H,1,14-17H2,2-5H3. The van der Waals surface area contributed by atoms with E-state index in [1.165, 1.54) is 0 Å². The fourth-order valence-electron chi connectivity index (χ4n) is 4.15. The van der Waals surface area contributed by atoms with Crippen molar-refractivity contribution in [3.8, 4) is 5.69 Å². The Labute approximate surface area is 218 Å². The van der Waals surface area contributed by atoms with Crippen molar-refractivity contribution in [3.63, 3.8) is 0 Å². The molecule has 0 aliphatic heterocycles. The van der Waals surface area contributed by atoms with Crippen molar-refractivity contribution in [2.24, 2.45) is 0 Å². The van der Waals surface area contributed by atoms with Gasteiger partial charge >= 0.3 is 0 Å². The fraction of sp³-hybridized carbons (Fsp3) is 0.321. The summed E-state index contributed by atoms with van der Waals surface area (Å²) in [6.45, 7) is 12.2. The van der Waals surface area contributed by atoms with Crippen molar-refractivity contribution in [2.45, 2.75) is 51.6 Å². The summed E-state index contributed by atoms with van der Waals surface area (Å²) in [4.78, 5) is 32.5. The highest BCUT2D eigenvalue weighted by Gasteiger charge is 2.20. The van der Waals surface area contributed by atoms with Crippen LogP contribution in [-0.4, -0.2) is 44.1 Å². The number of aliphatic hydroxyl groups is 1. The Hall–Kier alpha value is -3.53. The molecular formula is C28H35N5O3Si. The third-order valence-electron chi connectivity index (χ3n) is 6.21. The first-order valence-corrected chi connectivity index (χ1v) is 15.6. The minimum absolute atomic E-state index is 0.195. The zero-order valence-corrected chi connectivity index (χ0v) is 22.9. The summed E-state index contributed by atoms with van der Waals surface area (Å²) in [6.07, 6.45) is 3.77. The third-order valence-corrected chi connectivity index (χ3v) is 7.68. The lowest BCUT2D eigenvalue weighted by Gasteiger charge is -2.19. The van der Waals surface area contributed by atoms with Crippen LogP contribution in [0, 0.1) is 0 Å². The van der Waals surface area contributed by atoms with Crippen LogP contribution in [0.2, 0.25) is 19.1 Å². The van der Waals surface area contributed by atoms with Crippen molar-refractivity contribution in [3.05, 3.63) is 94.7 Å². The van der Waals surface area contributed by atoms with E-state index in [2.05, 4.69) is 16.9 Å². The van der Waals surface area contributed by atoms with Gasteiger partial charge in [0.25, 0.3) is 5.56 Å². The molecule has 8 nitrogen and oxygen atoms in total. The molecule has 0 aliphatic carbocycles. The number of nitrogens with zero attached hydrogens (tertiary/aromatic N) is 4. The van der Waals surface area contributed by atoms with Crippen molar-refractivity contribution in [1.29, 1.82) is 0 Å². The molecule has 2 heterocycles. The summed E-state index contributed by atoms with van der Waals surface area (Å²) >= 11 is 0. The van der Waals surface area contributed by atoms with Gasteiger partial charge < -0.3 is 15.2 Å². The molecule has 0 aliphatic rings. The van der Waals surface area contributed by atoms with Crippen molar-refractivity contribution in [1.82, 2.24) is 19.3 Å². The smallest absolute Gasteiger partial charge is 0.278 e. The predicted octanol–water partition coefficient (Wildman–Crippen LogP) is 4.20. The molecular weight excluding hydrogens is 482 g/mol. The molecule has 0 radical (unpaired) electrons. The monoisotopic (exact) mass is 517 g/mol. The van der Waals surface area contributed by atoms with E-state index >= 15 is 0 Å². The first-order chi connectivity index (χ1) is 17.5. The number of allylic oxidation sites excluding steroid dienone is 1. The van der Waals surface area contributed by atoms with Gasteiger partial charge in [-0.2, -0.15) is 0 Å². The SMILES string of the molecule is C=CCn1c(=O)c2cnc(Cc3ccc(NCC[Si](C)(C)O)cc3)nc2n1-c1cccc(C(C)(C)O)c1. The summed E-state index contributed by atoms with van der Waals surface area (Å²) in [6, 6.07) is 16.3. The van der Waals surface area contributed by atoms with Crippen molar-refractivity contribution >= 4 is 25.0 Å². The summed E-state index contributed by atoms with van der Waals surface area (Å²) in [5.74, 6) is 0.601. The molecule has 0 unspecified atom stereocenters. The number of hydrogen-bond acceptors (Lipinski definition) is 6. The molecule has 2 aromatic carbocycles. The first kappa shape index (κ1) is 26.5. The number of rotatable bonds is 10. The van der Waals surface area contributed by atoms with Gasteiger partial charge in [0.2, 0.25) is 0 Å².